The van der Waals surface area contributed by atoms with E-state index in [1.807, 2.05) is 38.1 Å². The average molecular weight is 409 g/mol. The third kappa shape index (κ3) is 6.45. The van der Waals surface area contributed by atoms with Gasteiger partial charge in [-0.1, -0.05) is 81.8 Å². The number of hydrogen-bond acceptors (Lipinski definition) is 2. The molecule has 0 heterocycles. The second kappa shape index (κ2) is 10.4. The number of likely N-dealkylation sites (N-methyl/N-ethyl adjacent to an activating group) is 1. The predicted molar refractivity (Wildman–Crippen MR) is 123 cm³/mol. The van der Waals surface area contributed by atoms with Gasteiger partial charge in [-0.3, -0.25) is 9.59 Å². The number of aryl methyl sites for hydroxylation is 2. The smallest absolute Gasteiger partial charge is 0.242 e. The topological polar surface area (TPSA) is 49.4 Å². The molecule has 0 spiro atoms. The molecule has 0 aliphatic rings. The number of rotatable bonds is 8. The summed E-state index contributed by atoms with van der Waals surface area (Å²) in [4.78, 5) is 27.3. The molecule has 0 bridgehead atoms. The van der Waals surface area contributed by atoms with Crippen molar-refractivity contribution in [1.29, 1.82) is 0 Å². The van der Waals surface area contributed by atoms with Crippen molar-refractivity contribution in [3.05, 3.63) is 70.8 Å². The zero-order chi connectivity index (χ0) is 22.3. The first kappa shape index (κ1) is 23.7. The molecule has 1 N–H and O–H groups in total. The summed E-state index contributed by atoms with van der Waals surface area (Å²) in [7, 11) is 1.62. The van der Waals surface area contributed by atoms with E-state index in [1.54, 1.807) is 11.9 Å². The highest BCUT2D eigenvalue weighted by Crippen LogP contribution is 2.23. The predicted octanol–water partition coefficient (Wildman–Crippen LogP) is 4.78. The molecule has 4 heteroatoms. The van der Waals surface area contributed by atoms with Crippen LogP contribution in [0.25, 0.3) is 0 Å². The Morgan fingerprint density at radius 1 is 0.967 bits per heavy atom. The van der Waals surface area contributed by atoms with E-state index < -0.39 is 6.04 Å². The van der Waals surface area contributed by atoms with Crippen LogP contribution in [0.2, 0.25) is 0 Å². The summed E-state index contributed by atoms with van der Waals surface area (Å²) >= 11 is 0. The van der Waals surface area contributed by atoms with Crippen LogP contribution in [0.15, 0.2) is 48.5 Å². The molecule has 0 unspecified atom stereocenters. The van der Waals surface area contributed by atoms with E-state index in [0.29, 0.717) is 25.8 Å². The zero-order valence-corrected chi connectivity index (χ0v) is 19.3. The summed E-state index contributed by atoms with van der Waals surface area (Å²) in [5, 5.41) is 2.71. The Morgan fingerprint density at radius 2 is 1.53 bits per heavy atom. The van der Waals surface area contributed by atoms with Crippen LogP contribution < -0.4 is 5.32 Å². The molecule has 0 radical (unpaired) electrons. The summed E-state index contributed by atoms with van der Waals surface area (Å²) in [6, 6.07) is 16.2. The van der Waals surface area contributed by atoms with Crippen LogP contribution in [0.3, 0.4) is 0 Å². The van der Waals surface area contributed by atoms with Gasteiger partial charge in [-0.25, -0.2) is 0 Å². The lowest BCUT2D eigenvalue weighted by molar-refractivity contribution is -0.141. The maximum Gasteiger partial charge on any atom is 0.242 e. The van der Waals surface area contributed by atoms with Crippen LogP contribution in [-0.2, 0) is 28.0 Å². The van der Waals surface area contributed by atoms with E-state index in [4.69, 9.17) is 0 Å². The molecule has 0 fully saturated rings. The van der Waals surface area contributed by atoms with Gasteiger partial charge >= 0.3 is 0 Å². The maximum atomic E-state index is 13.2. The molecule has 2 rings (SSSR count). The van der Waals surface area contributed by atoms with E-state index >= 15 is 0 Å². The normalized spacial score (nSPS) is 12.3. The lowest BCUT2D eigenvalue weighted by Gasteiger charge is -2.30. The van der Waals surface area contributed by atoms with E-state index in [9.17, 15) is 9.59 Å². The Kier molecular flexibility index (Phi) is 8.22. The molecule has 2 aromatic carbocycles. The monoisotopic (exact) mass is 408 g/mol. The Hall–Kier alpha value is -2.62. The molecule has 4 nitrogen and oxygen atoms in total. The average Bonchev–Trinajstić information content (AvgIpc) is 2.72. The fraction of sp³-hybridized carbons (Fsp3) is 0.462. The third-order valence-corrected chi connectivity index (χ3v) is 5.55. The fourth-order valence-corrected chi connectivity index (χ4v) is 3.54. The molecule has 0 saturated heterocycles. The quantitative estimate of drug-likeness (QED) is 0.683. The number of nitrogens with zero attached hydrogens (tertiary/aromatic N) is 1. The van der Waals surface area contributed by atoms with Crippen LogP contribution >= 0.6 is 0 Å². The molecule has 2 amide bonds. The van der Waals surface area contributed by atoms with Gasteiger partial charge in [0.2, 0.25) is 11.8 Å². The second-order valence-corrected chi connectivity index (χ2v) is 8.99. The highest BCUT2D eigenvalue weighted by molar-refractivity contribution is 5.87. The summed E-state index contributed by atoms with van der Waals surface area (Å²) in [6.07, 6.45) is 1.63. The molecule has 0 aliphatic heterocycles. The summed E-state index contributed by atoms with van der Waals surface area (Å²) in [5.74, 6) is -0.113. The highest BCUT2D eigenvalue weighted by atomic mass is 16.2. The fourth-order valence-electron chi connectivity index (χ4n) is 3.54. The van der Waals surface area contributed by atoms with Gasteiger partial charge < -0.3 is 10.2 Å². The van der Waals surface area contributed by atoms with Gasteiger partial charge in [0.1, 0.15) is 6.04 Å². The molecule has 0 saturated carbocycles. The minimum Gasteiger partial charge on any atom is -0.357 e. The lowest BCUT2D eigenvalue weighted by atomic mass is 9.86. The Morgan fingerprint density at radius 3 is 2.03 bits per heavy atom. The van der Waals surface area contributed by atoms with Crippen molar-refractivity contribution in [3.63, 3.8) is 0 Å². The molecule has 0 aliphatic carbocycles. The van der Waals surface area contributed by atoms with Crippen molar-refractivity contribution in [2.75, 3.05) is 7.05 Å². The summed E-state index contributed by atoms with van der Waals surface area (Å²) in [5.41, 5.74) is 4.74. The summed E-state index contributed by atoms with van der Waals surface area (Å²) < 4.78 is 0. The van der Waals surface area contributed by atoms with Crippen molar-refractivity contribution in [2.45, 2.75) is 71.9 Å². The molecular weight excluding hydrogens is 372 g/mol. The van der Waals surface area contributed by atoms with Crippen LogP contribution in [0.1, 0.15) is 62.8 Å². The molecule has 30 heavy (non-hydrogen) atoms. The Balaban J connectivity index is 2.14. The maximum absolute atomic E-state index is 13.2. The SMILES string of the molecule is CC[C@@H](C(=O)NC)N(Cc1ccc(C)cc1)C(=O)CCc1ccc(C(C)(C)C)cc1. The van der Waals surface area contributed by atoms with E-state index in [1.165, 1.54) is 11.1 Å². The van der Waals surface area contributed by atoms with Gasteiger partial charge in [-0.15, -0.1) is 0 Å². The van der Waals surface area contributed by atoms with Gasteiger partial charge in [0.05, 0.1) is 0 Å². The second-order valence-electron chi connectivity index (χ2n) is 8.99. The zero-order valence-electron chi connectivity index (χ0n) is 19.3. The largest absolute Gasteiger partial charge is 0.357 e. The first-order valence-electron chi connectivity index (χ1n) is 10.8. The van der Waals surface area contributed by atoms with Gasteiger partial charge in [-0.2, -0.15) is 0 Å². The molecular formula is C26H36N2O2. The van der Waals surface area contributed by atoms with E-state index in [0.717, 1.165) is 11.1 Å². The number of amides is 2. The molecule has 162 valence electrons. The van der Waals surface area contributed by atoms with Crippen molar-refractivity contribution in [3.8, 4) is 0 Å². The molecule has 2 aromatic rings. The van der Waals surface area contributed by atoms with Crippen molar-refractivity contribution in [2.24, 2.45) is 0 Å². The van der Waals surface area contributed by atoms with Crippen molar-refractivity contribution < 1.29 is 9.59 Å². The Bertz CT molecular complexity index is 833. The van der Waals surface area contributed by atoms with Gasteiger partial charge in [-0.05, 0) is 41.9 Å². The van der Waals surface area contributed by atoms with Crippen LogP contribution in [0.4, 0.5) is 0 Å². The lowest BCUT2D eigenvalue weighted by Crippen LogP contribution is -2.48. The van der Waals surface area contributed by atoms with Crippen LogP contribution in [0.5, 0.6) is 0 Å². The Labute approximate surface area is 181 Å². The van der Waals surface area contributed by atoms with Crippen LogP contribution in [0, 0.1) is 6.92 Å². The number of nitrogens with one attached hydrogen (secondary N) is 1. The van der Waals surface area contributed by atoms with Gasteiger partial charge in [0.25, 0.3) is 0 Å². The van der Waals surface area contributed by atoms with E-state index in [2.05, 4.69) is 50.4 Å². The number of carbonyl (C=O) groups is 2. The molecule has 1 atom stereocenters. The van der Waals surface area contributed by atoms with Gasteiger partial charge in [0, 0.05) is 20.0 Å². The minimum atomic E-state index is -0.466. The van der Waals surface area contributed by atoms with Gasteiger partial charge in [0.15, 0.2) is 0 Å². The highest BCUT2D eigenvalue weighted by Gasteiger charge is 2.27. The minimum absolute atomic E-state index is 0.00548. The standard InChI is InChI=1S/C26H36N2O2/c1-7-23(25(30)27-6)28(18-21-10-8-19(2)9-11-21)24(29)17-14-20-12-15-22(16-13-20)26(3,4)5/h8-13,15-16,23H,7,14,17-18H2,1-6H3,(H,27,30)/t23-/m0/s1. The van der Waals surface area contributed by atoms with Crippen molar-refractivity contribution >= 4 is 11.8 Å². The first-order valence-corrected chi connectivity index (χ1v) is 10.8. The number of benzene rings is 2. The number of hydrogen-bond donors (Lipinski definition) is 1. The van der Waals surface area contributed by atoms with E-state index in [-0.39, 0.29) is 17.2 Å². The summed E-state index contributed by atoms with van der Waals surface area (Å²) in [6.45, 7) is 11.0. The van der Waals surface area contributed by atoms with Crippen LogP contribution in [-0.4, -0.2) is 29.8 Å². The van der Waals surface area contributed by atoms with Crippen molar-refractivity contribution in [1.82, 2.24) is 10.2 Å². The first-order chi connectivity index (χ1) is 14.2. The number of carbonyl (C=O) groups excluding carboxylic acids is 2. The molecule has 0 aromatic heterocycles. The third-order valence-electron chi connectivity index (χ3n) is 5.55.